The van der Waals surface area contributed by atoms with Gasteiger partial charge in [0.1, 0.15) is 12.7 Å². The third-order valence-corrected chi connectivity index (χ3v) is 2.82. The first-order chi connectivity index (χ1) is 7.68. The SMILES string of the molecule is O=C(OCC1CO1)C1C=CCCC1C(=O)O. The van der Waals surface area contributed by atoms with Crippen LogP contribution in [0.2, 0.25) is 0 Å². The molecule has 3 atom stereocenters. The molecule has 0 aromatic heterocycles. The molecule has 3 unspecified atom stereocenters. The third kappa shape index (κ3) is 2.61. The van der Waals surface area contributed by atoms with E-state index < -0.39 is 23.8 Å². The highest BCUT2D eigenvalue weighted by Gasteiger charge is 2.35. The summed E-state index contributed by atoms with van der Waals surface area (Å²) < 4.78 is 9.92. The van der Waals surface area contributed by atoms with Crippen molar-refractivity contribution in [2.45, 2.75) is 18.9 Å². The Kier molecular flexibility index (Phi) is 3.24. The van der Waals surface area contributed by atoms with E-state index in [2.05, 4.69) is 0 Å². The van der Waals surface area contributed by atoms with E-state index in [9.17, 15) is 9.59 Å². The number of hydrogen-bond donors (Lipinski definition) is 1. The number of esters is 1. The van der Waals surface area contributed by atoms with Crippen LogP contribution in [-0.4, -0.2) is 36.4 Å². The molecule has 0 bridgehead atoms. The average Bonchev–Trinajstić information content (AvgIpc) is 3.09. The summed E-state index contributed by atoms with van der Waals surface area (Å²) in [5.41, 5.74) is 0. The number of aliphatic carboxylic acids is 1. The van der Waals surface area contributed by atoms with Crippen LogP contribution in [0.15, 0.2) is 12.2 Å². The Morgan fingerprint density at radius 1 is 1.50 bits per heavy atom. The number of carbonyl (C=O) groups excluding carboxylic acids is 1. The van der Waals surface area contributed by atoms with Crippen LogP contribution in [0.25, 0.3) is 0 Å². The maximum absolute atomic E-state index is 11.7. The fourth-order valence-electron chi connectivity index (χ4n) is 1.79. The maximum Gasteiger partial charge on any atom is 0.313 e. The quantitative estimate of drug-likeness (QED) is 0.431. The first kappa shape index (κ1) is 11.1. The lowest BCUT2D eigenvalue weighted by Gasteiger charge is -2.22. The number of ether oxygens (including phenoxy) is 2. The van der Waals surface area contributed by atoms with Crippen LogP contribution in [-0.2, 0) is 19.1 Å². The highest BCUT2D eigenvalue weighted by molar-refractivity contribution is 5.83. The first-order valence-electron chi connectivity index (χ1n) is 5.36. The van der Waals surface area contributed by atoms with Gasteiger partial charge in [-0.1, -0.05) is 12.2 Å². The largest absolute Gasteiger partial charge is 0.481 e. The predicted molar refractivity (Wildman–Crippen MR) is 53.7 cm³/mol. The minimum Gasteiger partial charge on any atom is -0.481 e. The van der Waals surface area contributed by atoms with Gasteiger partial charge in [-0.2, -0.15) is 0 Å². The molecular weight excluding hydrogens is 212 g/mol. The minimum atomic E-state index is -0.936. The normalized spacial score (nSPS) is 32.1. The molecule has 0 aromatic rings. The molecule has 0 spiro atoms. The molecule has 1 N–H and O–H groups in total. The van der Waals surface area contributed by atoms with Gasteiger partial charge in [0.25, 0.3) is 0 Å². The van der Waals surface area contributed by atoms with E-state index in [4.69, 9.17) is 14.6 Å². The zero-order valence-electron chi connectivity index (χ0n) is 8.80. The second-order valence-electron chi connectivity index (χ2n) is 4.06. The van der Waals surface area contributed by atoms with Gasteiger partial charge in [0, 0.05) is 0 Å². The zero-order chi connectivity index (χ0) is 11.5. The number of carboxylic acid groups (broad SMARTS) is 1. The molecule has 5 nitrogen and oxygen atoms in total. The number of rotatable bonds is 4. The van der Waals surface area contributed by atoms with Gasteiger partial charge in [0.15, 0.2) is 0 Å². The highest BCUT2D eigenvalue weighted by Crippen LogP contribution is 2.26. The van der Waals surface area contributed by atoms with E-state index in [-0.39, 0.29) is 12.7 Å². The smallest absolute Gasteiger partial charge is 0.313 e. The molecule has 16 heavy (non-hydrogen) atoms. The minimum absolute atomic E-state index is 0.0137. The second-order valence-corrected chi connectivity index (χ2v) is 4.06. The second kappa shape index (κ2) is 4.65. The Morgan fingerprint density at radius 3 is 2.88 bits per heavy atom. The van der Waals surface area contributed by atoms with Gasteiger partial charge < -0.3 is 14.6 Å². The van der Waals surface area contributed by atoms with E-state index in [1.165, 1.54) is 0 Å². The molecule has 88 valence electrons. The molecule has 5 heteroatoms. The van der Waals surface area contributed by atoms with Crippen LogP contribution in [0.1, 0.15) is 12.8 Å². The first-order valence-corrected chi connectivity index (χ1v) is 5.36. The van der Waals surface area contributed by atoms with Crippen LogP contribution in [0.3, 0.4) is 0 Å². The number of allylic oxidation sites excluding steroid dienone is 1. The molecule has 1 aliphatic heterocycles. The maximum atomic E-state index is 11.7. The van der Waals surface area contributed by atoms with E-state index >= 15 is 0 Å². The Morgan fingerprint density at radius 2 is 2.25 bits per heavy atom. The van der Waals surface area contributed by atoms with Gasteiger partial charge >= 0.3 is 11.9 Å². The standard InChI is InChI=1S/C11H14O5/c12-10(13)8-3-1-2-4-9(8)11(14)16-6-7-5-15-7/h2,4,7-9H,1,3,5-6H2,(H,12,13). The van der Waals surface area contributed by atoms with E-state index in [1.54, 1.807) is 6.08 Å². The van der Waals surface area contributed by atoms with Crippen LogP contribution in [0, 0.1) is 11.8 Å². The van der Waals surface area contributed by atoms with Gasteiger partial charge in [-0.25, -0.2) is 0 Å². The fraction of sp³-hybridized carbons (Fsp3) is 0.636. The van der Waals surface area contributed by atoms with Crippen molar-refractivity contribution in [2.75, 3.05) is 13.2 Å². The number of carboxylic acids is 1. The summed E-state index contributed by atoms with van der Waals surface area (Å²) in [7, 11) is 0. The van der Waals surface area contributed by atoms with Crippen LogP contribution < -0.4 is 0 Å². The lowest BCUT2D eigenvalue weighted by atomic mass is 9.84. The van der Waals surface area contributed by atoms with Gasteiger partial charge in [0.05, 0.1) is 18.4 Å². The lowest BCUT2D eigenvalue weighted by molar-refractivity contribution is -0.156. The molecule has 1 heterocycles. The van der Waals surface area contributed by atoms with Crippen molar-refractivity contribution in [1.29, 1.82) is 0 Å². The van der Waals surface area contributed by atoms with Crippen molar-refractivity contribution in [3.63, 3.8) is 0 Å². The van der Waals surface area contributed by atoms with Crippen molar-refractivity contribution >= 4 is 11.9 Å². The van der Waals surface area contributed by atoms with Gasteiger partial charge in [-0.3, -0.25) is 9.59 Å². The van der Waals surface area contributed by atoms with Gasteiger partial charge in [0.2, 0.25) is 0 Å². The summed E-state index contributed by atoms with van der Waals surface area (Å²) in [5.74, 6) is -2.70. The van der Waals surface area contributed by atoms with Crippen molar-refractivity contribution in [1.82, 2.24) is 0 Å². The Hall–Kier alpha value is -1.36. The lowest BCUT2D eigenvalue weighted by Crippen LogP contribution is -2.32. The van der Waals surface area contributed by atoms with Crippen molar-refractivity contribution < 1.29 is 24.2 Å². The molecule has 2 rings (SSSR count). The topological polar surface area (TPSA) is 76.1 Å². The van der Waals surface area contributed by atoms with Crippen molar-refractivity contribution in [3.8, 4) is 0 Å². The molecule has 1 fully saturated rings. The average molecular weight is 226 g/mol. The fourth-order valence-corrected chi connectivity index (χ4v) is 1.79. The Labute approximate surface area is 93.0 Å². The molecule has 0 radical (unpaired) electrons. The predicted octanol–water partition coefficient (Wildman–Crippen LogP) is 0.595. The van der Waals surface area contributed by atoms with Crippen molar-refractivity contribution in [2.24, 2.45) is 11.8 Å². The molecule has 2 aliphatic rings. The highest BCUT2D eigenvalue weighted by atomic mass is 16.6. The van der Waals surface area contributed by atoms with Gasteiger partial charge in [-0.05, 0) is 12.8 Å². The molecule has 0 saturated carbocycles. The number of hydrogen-bond acceptors (Lipinski definition) is 4. The summed E-state index contributed by atoms with van der Waals surface area (Å²) in [5, 5.41) is 8.98. The summed E-state index contributed by atoms with van der Waals surface area (Å²) in [6, 6.07) is 0. The molecule has 1 aliphatic carbocycles. The van der Waals surface area contributed by atoms with Crippen LogP contribution in [0.4, 0.5) is 0 Å². The monoisotopic (exact) mass is 226 g/mol. The third-order valence-electron chi connectivity index (χ3n) is 2.82. The van der Waals surface area contributed by atoms with Crippen LogP contribution in [0.5, 0.6) is 0 Å². The molecule has 0 aromatic carbocycles. The Balaban J connectivity index is 1.92. The van der Waals surface area contributed by atoms with E-state index in [0.29, 0.717) is 19.4 Å². The Bertz CT molecular complexity index is 318. The zero-order valence-corrected chi connectivity index (χ0v) is 8.80. The number of carbonyl (C=O) groups is 2. The summed E-state index contributed by atoms with van der Waals surface area (Å²) in [6.45, 7) is 0.853. The van der Waals surface area contributed by atoms with E-state index in [0.717, 1.165) is 0 Å². The number of epoxide rings is 1. The molecule has 1 saturated heterocycles. The molecule has 0 amide bonds. The van der Waals surface area contributed by atoms with E-state index in [1.807, 2.05) is 6.08 Å². The van der Waals surface area contributed by atoms with Gasteiger partial charge in [-0.15, -0.1) is 0 Å². The van der Waals surface area contributed by atoms with Crippen LogP contribution >= 0.6 is 0 Å². The summed E-state index contributed by atoms with van der Waals surface area (Å²) in [4.78, 5) is 22.6. The molecular formula is C11H14O5. The van der Waals surface area contributed by atoms with Crippen molar-refractivity contribution in [3.05, 3.63) is 12.2 Å². The summed E-state index contributed by atoms with van der Waals surface area (Å²) >= 11 is 0. The summed E-state index contributed by atoms with van der Waals surface area (Å²) in [6.07, 6.45) is 4.68.